The first kappa shape index (κ1) is 16.3. The third kappa shape index (κ3) is 3.84. The Morgan fingerprint density at radius 2 is 1.71 bits per heavy atom. The third-order valence-corrected chi connectivity index (χ3v) is 4.01. The smallest absolute Gasteiger partial charge is 0.244 e. The number of methoxy groups -OCH3 is 1. The SMILES string of the molecule is COc1ccc(N2CCN(c3cnnc(NC(C)C)n3)CC2)cc1. The summed E-state index contributed by atoms with van der Waals surface area (Å²) in [6.45, 7) is 7.83. The van der Waals surface area contributed by atoms with Gasteiger partial charge in [-0.25, -0.2) is 0 Å². The van der Waals surface area contributed by atoms with Crippen LogP contribution in [0.15, 0.2) is 30.5 Å². The van der Waals surface area contributed by atoms with Gasteiger partial charge < -0.3 is 19.9 Å². The third-order valence-electron chi connectivity index (χ3n) is 4.01. The summed E-state index contributed by atoms with van der Waals surface area (Å²) in [6.07, 6.45) is 1.73. The van der Waals surface area contributed by atoms with E-state index in [9.17, 15) is 0 Å². The molecule has 7 nitrogen and oxygen atoms in total. The molecule has 1 saturated heterocycles. The first-order valence-electron chi connectivity index (χ1n) is 8.26. The van der Waals surface area contributed by atoms with Gasteiger partial charge in [0.15, 0.2) is 5.82 Å². The van der Waals surface area contributed by atoms with Crippen LogP contribution in [-0.2, 0) is 0 Å². The van der Waals surface area contributed by atoms with Crippen LogP contribution in [0.3, 0.4) is 0 Å². The van der Waals surface area contributed by atoms with Crippen LogP contribution >= 0.6 is 0 Å². The summed E-state index contributed by atoms with van der Waals surface area (Å²) >= 11 is 0. The van der Waals surface area contributed by atoms with Crippen molar-refractivity contribution in [2.24, 2.45) is 0 Å². The van der Waals surface area contributed by atoms with Gasteiger partial charge in [0.1, 0.15) is 5.75 Å². The lowest BCUT2D eigenvalue weighted by Crippen LogP contribution is -2.47. The highest BCUT2D eigenvalue weighted by atomic mass is 16.5. The van der Waals surface area contributed by atoms with Gasteiger partial charge in [-0.05, 0) is 38.1 Å². The second kappa shape index (κ2) is 7.33. The van der Waals surface area contributed by atoms with Gasteiger partial charge in [-0.2, -0.15) is 10.1 Å². The minimum absolute atomic E-state index is 0.286. The van der Waals surface area contributed by atoms with Gasteiger partial charge in [0.25, 0.3) is 0 Å². The molecule has 1 aliphatic heterocycles. The lowest BCUT2D eigenvalue weighted by molar-refractivity contribution is 0.415. The van der Waals surface area contributed by atoms with Crippen LogP contribution in [0.1, 0.15) is 13.8 Å². The van der Waals surface area contributed by atoms with Crippen molar-refractivity contribution in [3.8, 4) is 5.75 Å². The van der Waals surface area contributed by atoms with Gasteiger partial charge in [0.2, 0.25) is 5.95 Å². The normalized spacial score (nSPS) is 14.8. The van der Waals surface area contributed by atoms with Gasteiger partial charge in [0.05, 0.1) is 13.3 Å². The lowest BCUT2D eigenvalue weighted by Gasteiger charge is -2.36. The monoisotopic (exact) mass is 328 g/mol. The molecule has 0 unspecified atom stereocenters. The van der Waals surface area contributed by atoms with Gasteiger partial charge in [0, 0.05) is 37.9 Å². The van der Waals surface area contributed by atoms with Crippen molar-refractivity contribution in [3.05, 3.63) is 30.5 Å². The summed E-state index contributed by atoms with van der Waals surface area (Å²) in [5.41, 5.74) is 1.22. The minimum atomic E-state index is 0.286. The molecule has 1 aromatic carbocycles. The number of hydrogen-bond acceptors (Lipinski definition) is 7. The van der Waals surface area contributed by atoms with E-state index >= 15 is 0 Å². The van der Waals surface area contributed by atoms with Crippen LogP contribution < -0.4 is 19.9 Å². The maximum absolute atomic E-state index is 5.22. The van der Waals surface area contributed by atoms with E-state index in [-0.39, 0.29) is 6.04 Å². The van der Waals surface area contributed by atoms with Crippen molar-refractivity contribution in [1.29, 1.82) is 0 Å². The van der Waals surface area contributed by atoms with Crippen LogP contribution in [0, 0.1) is 0 Å². The van der Waals surface area contributed by atoms with E-state index in [0.29, 0.717) is 5.95 Å². The number of anilines is 3. The highest BCUT2D eigenvalue weighted by Crippen LogP contribution is 2.22. The number of ether oxygens (including phenoxy) is 1. The zero-order valence-electron chi connectivity index (χ0n) is 14.4. The Morgan fingerprint density at radius 3 is 2.33 bits per heavy atom. The van der Waals surface area contributed by atoms with E-state index in [0.717, 1.165) is 37.7 Å². The Morgan fingerprint density at radius 1 is 1.04 bits per heavy atom. The fourth-order valence-electron chi connectivity index (χ4n) is 2.75. The van der Waals surface area contributed by atoms with Crippen molar-refractivity contribution in [2.45, 2.75) is 19.9 Å². The Balaban J connectivity index is 1.62. The van der Waals surface area contributed by atoms with Crippen LogP contribution in [0.4, 0.5) is 17.5 Å². The molecule has 1 fully saturated rings. The van der Waals surface area contributed by atoms with Crippen LogP contribution in [0.25, 0.3) is 0 Å². The minimum Gasteiger partial charge on any atom is -0.497 e. The number of benzene rings is 1. The van der Waals surface area contributed by atoms with E-state index in [1.165, 1.54) is 5.69 Å². The Kier molecular flexibility index (Phi) is 4.98. The Labute approximate surface area is 142 Å². The molecule has 1 aromatic heterocycles. The number of aromatic nitrogens is 3. The van der Waals surface area contributed by atoms with Crippen molar-refractivity contribution >= 4 is 17.5 Å². The Hall–Kier alpha value is -2.57. The number of nitrogens with one attached hydrogen (secondary N) is 1. The second-order valence-corrected chi connectivity index (χ2v) is 6.11. The summed E-state index contributed by atoms with van der Waals surface area (Å²) in [5, 5.41) is 11.3. The molecule has 0 saturated carbocycles. The van der Waals surface area contributed by atoms with E-state index < -0.39 is 0 Å². The average Bonchev–Trinajstić information content (AvgIpc) is 2.62. The topological polar surface area (TPSA) is 66.4 Å². The zero-order valence-corrected chi connectivity index (χ0v) is 14.4. The highest BCUT2D eigenvalue weighted by molar-refractivity contribution is 5.51. The second-order valence-electron chi connectivity index (χ2n) is 6.11. The first-order valence-corrected chi connectivity index (χ1v) is 8.26. The molecule has 1 N–H and O–H groups in total. The first-order chi connectivity index (χ1) is 11.7. The number of rotatable bonds is 5. The molecular formula is C17H24N6O. The summed E-state index contributed by atoms with van der Waals surface area (Å²) in [4.78, 5) is 9.19. The molecular weight excluding hydrogens is 304 g/mol. The summed E-state index contributed by atoms with van der Waals surface area (Å²) < 4.78 is 5.22. The van der Waals surface area contributed by atoms with Gasteiger partial charge in [-0.15, -0.1) is 5.10 Å². The fourth-order valence-corrected chi connectivity index (χ4v) is 2.75. The standard InChI is InChI=1S/C17H24N6O/c1-13(2)19-17-20-16(12-18-21-17)23-10-8-22(9-11-23)14-4-6-15(24-3)7-5-14/h4-7,12-13H,8-11H2,1-3H3,(H,19,20,21). The van der Waals surface area contributed by atoms with E-state index in [1.807, 2.05) is 12.1 Å². The van der Waals surface area contributed by atoms with Gasteiger partial charge in [-0.1, -0.05) is 0 Å². The predicted octanol–water partition coefficient (Wildman–Crippen LogP) is 2.03. The number of nitrogens with zero attached hydrogens (tertiary/aromatic N) is 5. The maximum atomic E-state index is 5.22. The molecule has 0 bridgehead atoms. The largest absolute Gasteiger partial charge is 0.497 e. The molecule has 0 aliphatic carbocycles. The molecule has 2 aromatic rings. The van der Waals surface area contributed by atoms with E-state index in [1.54, 1.807) is 13.3 Å². The molecule has 2 heterocycles. The van der Waals surface area contributed by atoms with Gasteiger partial charge >= 0.3 is 0 Å². The summed E-state index contributed by atoms with van der Waals surface area (Å²) in [7, 11) is 1.69. The predicted molar refractivity (Wildman–Crippen MR) is 96.0 cm³/mol. The zero-order chi connectivity index (χ0) is 16.9. The van der Waals surface area contributed by atoms with E-state index in [4.69, 9.17) is 4.74 Å². The van der Waals surface area contributed by atoms with Gasteiger partial charge in [-0.3, -0.25) is 0 Å². The number of hydrogen-bond donors (Lipinski definition) is 1. The molecule has 7 heteroatoms. The highest BCUT2D eigenvalue weighted by Gasteiger charge is 2.19. The molecule has 24 heavy (non-hydrogen) atoms. The molecule has 0 atom stereocenters. The van der Waals surface area contributed by atoms with Crippen molar-refractivity contribution in [3.63, 3.8) is 0 Å². The number of piperazine rings is 1. The molecule has 0 amide bonds. The molecule has 0 spiro atoms. The van der Waals surface area contributed by atoms with E-state index in [2.05, 4.69) is 56.3 Å². The van der Waals surface area contributed by atoms with Crippen LogP contribution in [0.5, 0.6) is 5.75 Å². The quantitative estimate of drug-likeness (QED) is 0.901. The van der Waals surface area contributed by atoms with Crippen molar-refractivity contribution < 1.29 is 4.74 Å². The summed E-state index contributed by atoms with van der Waals surface area (Å²) in [6, 6.07) is 8.49. The van der Waals surface area contributed by atoms with Crippen LogP contribution in [0.2, 0.25) is 0 Å². The summed E-state index contributed by atoms with van der Waals surface area (Å²) in [5.74, 6) is 2.34. The lowest BCUT2D eigenvalue weighted by atomic mass is 10.2. The fraction of sp³-hybridized carbons (Fsp3) is 0.471. The van der Waals surface area contributed by atoms with Crippen LogP contribution in [-0.4, -0.2) is 54.5 Å². The van der Waals surface area contributed by atoms with Crippen molar-refractivity contribution in [2.75, 3.05) is 48.4 Å². The molecule has 128 valence electrons. The molecule has 3 rings (SSSR count). The van der Waals surface area contributed by atoms with Crippen molar-refractivity contribution in [1.82, 2.24) is 15.2 Å². The molecule has 0 radical (unpaired) electrons. The molecule has 1 aliphatic rings. The average molecular weight is 328 g/mol. The maximum Gasteiger partial charge on any atom is 0.244 e. The Bertz CT molecular complexity index is 652.